The molecular weight excluding hydrogens is 1070 g/mol. The molecule has 0 N–H and O–H groups in total. The zero-order chi connectivity index (χ0) is 59.1. The number of hydrogen-bond acceptors (Lipinski definition) is 6. The minimum Gasteiger partial charge on any atom is -0.228 e. The Morgan fingerprint density at radius 3 is 0.989 bits per heavy atom. The molecule has 0 amide bonds. The van der Waals surface area contributed by atoms with Gasteiger partial charge in [0.05, 0.1) is 34.0 Å². The summed E-state index contributed by atoms with van der Waals surface area (Å²) in [6.45, 7) is 9.40. The van der Waals surface area contributed by atoms with Gasteiger partial charge in [0.1, 0.15) is 0 Å². The third-order valence-corrected chi connectivity index (χ3v) is 18.2. The van der Waals surface area contributed by atoms with Crippen LogP contribution in [0.4, 0.5) is 0 Å². The molecule has 14 aromatic rings. The van der Waals surface area contributed by atoms with Crippen molar-refractivity contribution in [2.24, 2.45) is 0 Å². The SMILES string of the molecule is CC1(C)c2ccccc2-c2ccc(-c3cc(-c4ccc5c(c4)C(C)(C)c4ccccc4-5)c4nc(-c5ccc(-c6nc(-c7ccccc7)cc(-c7ccccc7)n6)cc5)nc(-c5ccc(-c6nc(-c7ccccc7)cc(-c7ccccc7)n6)cc5)c4c3)cc21. The zero-order valence-electron chi connectivity index (χ0n) is 49.2. The highest BCUT2D eigenvalue weighted by Gasteiger charge is 2.37. The van der Waals surface area contributed by atoms with Gasteiger partial charge in [0.2, 0.25) is 0 Å². The molecule has 0 saturated heterocycles. The molecule has 3 heterocycles. The third kappa shape index (κ3) is 9.03. The third-order valence-electron chi connectivity index (χ3n) is 18.2. The van der Waals surface area contributed by atoms with Crippen LogP contribution < -0.4 is 0 Å². The van der Waals surface area contributed by atoms with Crippen molar-refractivity contribution in [3.8, 4) is 135 Å². The molecule has 0 aliphatic heterocycles. The Bertz CT molecular complexity index is 4920. The van der Waals surface area contributed by atoms with E-state index in [1.54, 1.807) is 0 Å². The summed E-state index contributed by atoms with van der Waals surface area (Å²) in [4.78, 5) is 32.2. The van der Waals surface area contributed by atoms with E-state index in [2.05, 4.69) is 258 Å². The topological polar surface area (TPSA) is 77.3 Å². The first-order valence-electron chi connectivity index (χ1n) is 30.2. The van der Waals surface area contributed by atoms with Crippen molar-refractivity contribution in [2.45, 2.75) is 38.5 Å². The summed E-state index contributed by atoms with van der Waals surface area (Å²) >= 11 is 0. The lowest BCUT2D eigenvalue weighted by Gasteiger charge is -2.23. The van der Waals surface area contributed by atoms with Crippen LogP contribution in [-0.4, -0.2) is 29.9 Å². The smallest absolute Gasteiger partial charge is 0.160 e. The van der Waals surface area contributed by atoms with Crippen molar-refractivity contribution < 1.29 is 0 Å². The van der Waals surface area contributed by atoms with Gasteiger partial charge in [-0.05, 0) is 97.6 Å². The number of rotatable bonds is 10. The molecule has 0 fully saturated rings. The largest absolute Gasteiger partial charge is 0.228 e. The maximum absolute atomic E-state index is 5.71. The van der Waals surface area contributed by atoms with Crippen molar-refractivity contribution in [3.05, 3.63) is 301 Å². The molecule has 88 heavy (non-hydrogen) atoms. The summed E-state index contributed by atoms with van der Waals surface area (Å²) in [5.41, 5.74) is 27.2. The molecule has 0 bridgehead atoms. The maximum Gasteiger partial charge on any atom is 0.160 e. The molecule has 16 rings (SSSR count). The van der Waals surface area contributed by atoms with Crippen LogP contribution in [0.3, 0.4) is 0 Å². The molecule has 2 aliphatic rings. The summed E-state index contributed by atoms with van der Waals surface area (Å²) in [6.07, 6.45) is 0. The molecular formula is C82H58N6. The molecule has 0 saturated carbocycles. The van der Waals surface area contributed by atoms with Crippen LogP contribution in [0, 0.1) is 0 Å². The fourth-order valence-corrected chi connectivity index (χ4v) is 13.4. The van der Waals surface area contributed by atoms with Crippen LogP contribution >= 0.6 is 0 Å². The Morgan fingerprint density at radius 1 is 0.216 bits per heavy atom. The normalized spacial score (nSPS) is 13.2. The first-order chi connectivity index (χ1) is 43.1. The predicted molar refractivity (Wildman–Crippen MR) is 360 cm³/mol. The van der Waals surface area contributed by atoms with Gasteiger partial charge in [-0.1, -0.05) is 270 Å². The van der Waals surface area contributed by atoms with Gasteiger partial charge in [0.15, 0.2) is 17.5 Å². The van der Waals surface area contributed by atoms with Crippen molar-refractivity contribution in [2.75, 3.05) is 0 Å². The van der Waals surface area contributed by atoms with Crippen molar-refractivity contribution in [1.29, 1.82) is 0 Å². The van der Waals surface area contributed by atoms with E-state index in [1.807, 2.05) is 48.5 Å². The van der Waals surface area contributed by atoms with Crippen LogP contribution in [0.1, 0.15) is 49.9 Å². The van der Waals surface area contributed by atoms with Gasteiger partial charge in [0, 0.05) is 66.3 Å². The summed E-state index contributed by atoms with van der Waals surface area (Å²) < 4.78 is 0. The standard InChI is InChI=1S/C82H58N6/c1-81(2)68-31-19-17-29-62(68)64-43-41-59(47-70(64)81)61-45-66(60-42-44-65-63-30-18-20-32-69(63)82(3,4)71(65)48-60)77-67(46-61)76(55-33-35-56(36-34-55)78-83-72(51-21-9-5-10-22-51)49-73(84-78)52-23-11-6-12-24-52)87-80(88-77)58-39-37-57(38-40-58)79-85-74(53-25-13-7-14-26-53)50-75(86-79)54-27-15-8-16-28-54/h5-50H,1-4H3. The highest BCUT2D eigenvalue weighted by molar-refractivity contribution is 6.05. The van der Waals surface area contributed by atoms with Crippen LogP contribution in [0.25, 0.3) is 146 Å². The average molecular weight is 1130 g/mol. The van der Waals surface area contributed by atoms with E-state index in [1.165, 1.54) is 44.5 Å². The first kappa shape index (κ1) is 52.5. The second-order valence-corrected chi connectivity index (χ2v) is 24.2. The van der Waals surface area contributed by atoms with Crippen LogP contribution in [0.5, 0.6) is 0 Å². The molecule has 0 radical (unpaired) electrons. The van der Waals surface area contributed by atoms with Gasteiger partial charge >= 0.3 is 0 Å². The number of nitrogens with zero attached hydrogens (tertiary/aromatic N) is 6. The minimum absolute atomic E-state index is 0.185. The second-order valence-electron chi connectivity index (χ2n) is 24.2. The van der Waals surface area contributed by atoms with Gasteiger partial charge < -0.3 is 0 Å². The van der Waals surface area contributed by atoms with E-state index >= 15 is 0 Å². The number of hydrogen-bond donors (Lipinski definition) is 0. The highest BCUT2D eigenvalue weighted by atomic mass is 14.9. The predicted octanol–water partition coefficient (Wildman–Crippen LogP) is 20.5. The quantitative estimate of drug-likeness (QED) is 0.136. The average Bonchev–Trinajstić information content (AvgIpc) is 1.56. The monoisotopic (exact) mass is 1130 g/mol. The van der Waals surface area contributed by atoms with Crippen LogP contribution in [-0.2, 0) is 10.8 Å². The van der Waals surface area contributed by atoms with Crippen molar-refractivity contribution in [1.82, 2.24) is 29.9 Å². The Morgan fingerprint density at radius 2 is 0.557 bits per heavy atom. The minimum atomic E-state index is -0.219. The van der Waals surface area contributed by atoms with Gasteiger partial charge in [-0.3, -0.25) is 0 Å². The highest BCUT2D eigenvalue weighted by Crippen LogP contribution is 2.52. The van der Waals surface area contributed by atoms with Gasteiger partial charge in [0.25, 0.3) is 0 Å². The molecule has 0 unspecified atom stereocenters. The molecule has 11 aromatic carbocycles. The van der Waals surface area contributed by atoms with E-state index in [0.29, 0.717) is 17.5 Å². The summed E-state index contributed by atoms with van der Waals surface area (Å²) in [5, 5.41) is 0.944. The van der Waals surface area contributed by atoms with Crippen LogP contribution in [0.15, 0.2) is 279 Å². The van der Waals surface area contributed by atoms with Gasteiger partial charge in [-0.25, -0.2) is 29.9 Å². The molecule has 2 aliphatic carbocycles. The molecule has 6 nitrogen and oxygen atoms in total. The Hall–Kier alpha value is -11.1. The summed E-state index contributed by atoms with van der Waals surface area (Å²) in [7, 11) is 0. The Labute approximate surface area is 512 Å². The first-order valence-corrected chi connectivity index (χ1v) is 30.2. The molecule has 416 valence electrons. The van der Waals surface area contributed by atoms with Gasteiger partial charge in [-0.15, -0.1) is 0 Å². The molecule has 0 atom stereocenters. The lowest BCUT2D eigenvalue weighted by Crippen LogP contribution is -2.15. The fraction of sp³-hybridized carbons (Fsp3) is 0.0732. The van der Waals surface area contributed by atoms with Gasteiger partial charge in [-0.2, -0.15) is 0 Å². The number of aromatic nitrogens is 6. The molecule has 3 aromatic heterocycles. The van der Waals surface area contributed by atoms with Crippen LogP contribution in [0.2, 0.25) is 0 Å². The number of benzene rings is 11. The van der Waals surface area contributed by atoms with E-state index in [9.17, 15) is 0 Å². The Kier molecular flexibility index (Phi) is 12.4. The second kappa shape index (κ2) is 20.9. The molecule has 0 spiro atoms. The van der Waals surface area contributed by atoms with Crippen molar-refractivity contribution >= 4 is 10.9 Å². The van der Waals surface area contributed by atoms with E-state index in [4.69, 9.17) is 29.9 Å². The van der Waals surface area contributed by atoms with E-state index < -0.39 is 0 Å². The van der Waals surface area contributed by atoms with Crippen molar-refractivity contribution in [3.63, 3.8) is 0 Å². The lowest BCUT2D eigenvalue weighted by atomic mass is 9.81. The zero-order valence-corrected chi connectivity index (χ0v) is 49.2. The van der Waals surface area contributed by atoms with E-state index in [-0.39, 0.29) is 10.8 Å². The number of fused-ring (bicyclic) bond motifs is 7. The lowest BCUT2D eigenvalue weighted by molar-refractivity contribution is 0.660. The summed E-state index contributed by atoms with van der Waals surface area (Å²) in [5.74, 6) is 1.88. The fourth-order valence-electron chi connectivity index (χ4n) is 13.4. The van der Waals surface area contributed by atoms with E-state index in [0.717, 1.165) is 106 Å². The maximum atomic E-state index is 5.71. The Balaban J connectivity index is 0.900. The summed E-state index contributed by atoms with van der Waals surface area (Å²) in [6, 6.07) is 98.9. The molecule has 6 heteroatoms.